The van der Waals surface area contributed by atoms with Crippen LogP contribution in [0.4, 0.5) is 5.69 Å². The number of methoxy groups -OCH3 is 2. The Morgan fingerprint density at radius 3 is 2.13 bits per heavy atom. The summed E-state index contributed by atoms with van der Waals surface area (Å²) in [4.78, 5) is 1.87. The zero-order valence-corrected chi connectivity index (χ0v) is 34.0. The van der Waals surface area contributed by atoms with Gasteiger partial charge in [-0.1, -0.05) is 68.2 Å². The Kier molecular flexibility index (Phi) is 15.8. The number of ether oxygens (including phenoxy) is 2. The number of hydrogen-bond acceptors (Lipinski definition) is 9. The van der Waals surface area contributed by atoms with Crippen molar-refractivity contribution in [2.24, 2.45) is 0 Å². The lowest BCUT2D eigenvalue weighted by Crippen LogP contribution is -2.31. The third-order valence-electron chi connectivity index (χ3n) is 9.88. The minimum atomic E-state index is -4.51. The van der Waals surface area contributed by atoms with Gasteiger partial charge in [-0.3, -0.25) is 13.7 Å². The maximum atomic E-state index is 12.0. The van der Waals surface area contributed by atoms with Crippen molar-refractivity contribution in [2.45, 2.75) is 68.6 Å². The molecule has 2 aromatic rings. The van der Waals surface area contributed by atoms with Gasteiger partial charge in [-0.05, 0) is 98.1 Å². The number of anilines is 1. The van der Waals surface area contributed by atoms with Gasteiger partial charge in [-0.25, -0.2) is 0 Å². The van der Waals surface area contributed by atoms with Gasteiger partial charge >= 0.3 is 0 Å². The van der Waals surface area contributed by atoms with E-state index in [9.17, 15) is 38.9 Å². The molecule has 1 aliphatic rings. The molecule has 2 aromatic carbocycles. The summed E-state index contributed by atoms with van der Waals surface area (Å²) in [7, 11) is -9.60. The first-order chi connectivity index (χ1) is 25.2. The van der Waals surface area contributed by atoms with Crippen molar-refractivity contribution < 1.29 is 48.4 Å². The molecule has 0 amide bonds. The van der Waals surface area contributed by atoms with E-state index in [1.165, 1.54) is 12.1 Å². The van der Waals surface area contributed by atoms with Gasteiger partial charge in [0.15, 0.2) is 0 Å². The van der Waals surface area contributed by atoms with Gasteiger partial charge in [0.2, 0.25) is 0 Å². The summed E-state index contributed by atoms with van der Waals surface area (Å²) >= 11 is 0. The third-order valence-corrected chi connectivity index (χ3v) is 12.3. The molecule has 1 aliphatic heterocycles. The SMILES string of the molecule is C=C(/C=C/C=C/C=C/C=C1/N(CCOC)c2ccc(CCOC)cc2C1(C)CCCS(=O)(=O)O)C(C)(CCCS(=O)(=O)O)c1cc(S(=O)(=O)O)ccc1C. The van der Waals surface area contributed by atoms with E-state index in [2.05, 4.69) is 36.6 Å². The van der Waals surface area contributed by atoms with Crippen LogP contribution in [0.3, 0.4) is 0 Å². The highest BCUT2D eigenvalue weighted by Gasteiger charge is 2.43. The molecule has 1 heterocycles. The summed E-state index contributed by atoms with van der Waals surface area (Å²) in [5.41, 5.74) is 4.36. The van der Waals surface area contributed by atoms with Crippen molar-refractivity contribution in [2.75, 3.05) is 50.4 Å². The van der Waals surface area contributed by atoms with Gasteiger partial charge in [0, 0.05) is 43.0 Å². The summed E-state index contributed by atoms with van der Waals surface area (Å²) < 4.78 is 109. The number of hydrogen-bond donors (Lipinski definition) is 3. The van der Waals surface area contributed by atoms with Crippen LogP contribution in [0.25, 0.3) is 0 Å². The van der Waals surface area contributed by atoms with Crippen LogP contribution in [0.2, 0.25) is 0 Å². The van der Waals surface area contributed by atoms with E-state index in [0.717, 1.165) is 22.5 Å². The molecule has 0 spiro atoms. The van der Waals surface area contributed by atoms with Crippen molar-refractivity contribution in [3.05, 3.63) is 119 Å². The minimum absolute atomic E-state index is 0.0689. The van der Waals surface area contributed by atoms with E-state index in [0.29, 0.717) is 49.3 Å². The van der Waals surface area contributed by atoms with Crippen molar-refractivity contribution in [3.63, 3.8) is 0 Å². The zero-order valence-electron chi connectivity index (χ0n) is 31.6. The predicted molar refractivity (Wildman–Crippen MR) is 213 cm³/mol. The van der Waals surface area contributed by atoms with Crippen LogP contribution in [0.5, 0.6) is 0 Å². The Bertz CT molecular complexity index is 2100. The number of rotatable bonds is 21. The number of aryl methyl sites for hydroxylation is 1. The number of nitrogens with zero attached hydrogens (tertiary/aromatic N) is 1. The van der Waals surface area contributed by atoms with Gasteiger partial charge in [-0.15, -0.1) is 0 Å². The lowest BCUT2D eigenvalue weighted by Gasteiger charge is -2.33. The topological polar surface area (TPSA) is 185 Å². The number of allylic oxidation sites excluding steroid dienone is 9. The normalized spacial score (nSPS) is 18.7. The van der Waals surface area contributed by atoms with Crippen molar-refractivity contribution in [1.82, 2.24) is 0 Å². The Balaban J connectivity index is 1.94. The average Bonchev–Trinajstić information content (AvgIpc) is 3.30. The average molecular weight is 808 g/mol. The van der Waals surface area contributed by atoms with Crippen LogP contribution >= 0.6 is 0 Å². The molecule has 0 saturated carbocycles. The molecule has 54 heavy (non-hydrogen) atoms. The molecule has 0 aliphatic carbocycles. The van der Waals surface area contributed by atoms with Crippen LogP contribution in [0.15, 0.2) is 102 Å². The van der Waals surface area contributed by atoms with Crippen LogP contribution < -0.4 is 4.90 Å². The second kappa shape index (κ2) is 19.0. The summed E-state index contributed by atoms with van der Waals surface area (Å²) in [6.45, 7) is 11.4. The maximum Gasteiger partial charge on any atom is 0.294 e. The van der Waals surface area contributed by atoms with Gasteiger partial charge in [0.05, 0.1) is 29.6 Å². The maximum absolute atomic E-state index is 12.0. The Labute approximate surface area is 321 Å². The van der Waals surface area contributed by atoms with E-state index in [4.69, 9.17) is 9.47 Å². The van der Waals surface area contributed by atoms with Crippen molar-refractivity contribution in [1.29, 1.82) is 0 Å². The molecule has 12 nitrogen and oxygen atoms in total. The van der Waals surface area contributed by atoms with E-state index >= 15 is 0 Å². The van der Waals surface area contributed by atoms with Crippen LogP contribution in [0, 0.1) is 6.92 Å². The van der Waals surface area contributed by atoms with E-state index in [1.807, 2.05) is 18.2 Å². The largest absolute Gasteiger partial charge is 0.384 e. The second-order valence-corrected chi connectivity index (χ2v) is 18.4. The quantitative estimate of drug-likeness (QED) is 0.0914. The molecule has 3 rings (SSSR count). The molecule has 0 saturated heterocycles. The summed E-state index contributed by atoms with van der Waals surface area (Å²) in [6, 6.07) is 10.5. The molecule has 298 valence electrons. The summed E-state index contributed by atoms with van der Waals surface area (Å²) in [5.74, 6) is -0.840. The molecule has 0 fully saturated rings. The first kappa shape index (κ1) is 45.0. The summed E-state index contributed by atoms with van der Waals surface area (Å²) in [6.07, 6.45) is 14.5. The standard InChI is InChI=1S/C39H53NO11S3/c1-30-16-18-33(54(47,48)49)29-34(30)38(3,21-12-26-52(41,42)43)31(2)14-10-8-7-9-11-15-37-39(4,22-13-27-53(44,45)46)35-28-32(20-24-50-5)17-19-36(35)40(37)23-25-51-6/h7-11,14-19,28-29H,2,12-13,20-27H2,1,3-6H3,(H,41,42,43)(H,44,45,46)(H,47,48,49)/b8-7+,11-9+,14-10+,37-15+. The van der Waals surface area contributed by atoms with E-state index in [1.54, 1.807) is 58.4 Å². The van der Waals surface area contributed by atoms with Crippen LogP contribution in [-0.4, -0.2) is 84.4 Å². The molecule has 15 heteroatoms. The zero-order chi connectivity index (χ0) is 40.4. The molecule has 2 unspecified atom stereocenters. The van der Waals surface area contributed by atoms with Gasteiger partial charge in [0.25, 0.3) is 30.4 Å². The first-order valence-corrected chi connectivity index (χ1v) is 22.1. The fourth-order valence-corrected chi connectivity index (χ4v) is 8.42. The molecular formula is C39H53NO11S3. The Morgan fingerprint density at radius 2 is 1.50 bits per heavy atom. The van der Waals surface area contributed by atoms with Gasteiger partial charge in [-0.2, -0.15) is 25.3 Å². The van der Waals surface area contributed by atoms with Crippen molar-refractivity contribution >= 4 is 36.0 Å². The smallest absolute Gasteiger partial charge is 0.294 e. The molecule has 0 bridgehead atoms. The number of benzene rings is 2. The summed E-state index contributed by atoms with van der Waals surface area (Å²) in [5, 5.41) is 0. The van der Waals surface area contributed by atoms with Gasteiger partial charge < -0.3 is 14.4 Å². The van der Waals surface area contributed by atoms with E-state index in [-0.39, 0.29) is 29.9 Å². The van der Waals surface area contributed by atoms with Crippen LogP contribution in [-0.2, 0) is 57.1 Å². The molecule has 0 aromatic heterocycles. The van der Waals surface area contributed by atoms with E-state index < -0.39 is 46.9 Å². The lowest BCUT2D eigenvalue weighted by molar-refractivity contribution is 0.202. The lowest BCUT2D eigenvalue weighted by atomic mass is 9.71. The van der Waals surface area contributed by atoms with Gasteiger partial charge in [0.1, 0.15) is 0 Å². The highest BCUT2D eigenvalue weighted by Crippen LogP contribution is 2.51. The molecular weight excluding hydrogens is 755 g/mol. The fourth-order valence-electron chi connectivity index (χ4n) is 6.90. The minimum Gasteiger partial charge on any atom is -0.384 e. The highest BCUT2D eigenvalue weighted by atomic mass is 32.2. The Hall–Kier alpha value is -3.41. The predicted octanol–water partition coefficient (Wildman–Crippen LogP) is 6.56. The first-order valence-electron chi connectivity index (χ1n) is 17.5. The highest BCUT2D eigenvalue weighted by molar-refractivity contribution is 7.86. The Morgan fingerprint density at radius 1 is 0.870 bits per heavy atom. The molecule has 2 atom stereocenters. The molecule has 0 radical (unpaired) electrons. The monoisotopic (exact) mass is 807 g/mol. The molecule has 3 N–H and O–H groups in total. The number of fused-ring (bicyclic) bond motifs is 1. The fraction of sp³-hybridized carbons (Fsp3) is 0.436. The van der Waals surface area contributed by atoms with Crippen LogP contribution in [0.1, 0.15) is 61.8 Å². The third kappa shape index (κ3) is 12.3. The second-order valence-electron chi connectivity index (χ2n) is 13.8. The van der Waals surface area contributed by atoms with Crippen molar-refractivity contribution in [3.8, 4) is 0 Å².